The van der Waals surface area contributed by atoms with E-state index in [1.54, 1.807) is 0 Å². The molecule has 1 saturated carbocycles. The number of amides is 3. The molecule has 1 aromatic carbocycles. The number of piperazine rings is 1. The first-order chi connectivity index (χ1) is 17.0. The van der Waals surface area contributed by atoms with E-state index in [9.17, 15) is 9.59 Å². The normalized spacial score (nSPS) is 23.5. The molecule has 1 N–H and O–H groups in total. The second-order valence-electron chi connectivity index (χ2n) is 12.6. The number of nitrogens with zero attached hydrogens (tertiary/aromatic N) is 3. The number of benzene rings is 1. The first kappa shape index (κ1) is 26.7. The summed E-state index contributed by atoms with van der Waals surface area (Å²) in [7, 11) is 0. The largest absolute Gasteiger partial charge is 0.340 e. The van der Waals surface area contributed by atoms with Crippen molar-refractivity contribution in [3.05, 3.63) is 47.5 Å². The van der Waals surface area contributed by atoms with Crippen LogP contribution in [-0.2, 0) is 11.2 Å². The molecule has 4 aliphatic rings. The van der Waals surface area contributed by atoms with E-state index >= 15 is 0 Å². The van der Waals surface area contributed by atoms with Crippen LogP contribution in [0.4, 0.5) is 4.79 Å². The summed E-state index contributed by atoms with van der Waals surface area (Å²) < 4.78 is 0. The Morgan fingerprint density at radius 3 is 2.39 bits per heavy atom. The Balaban J connectivity index is 1.27. The van der Waals surface area contributed by atoms with Gasteiger partial charge in [-0.25, -0.2) is 4.79 Å². The van der Waals surface area contributed by atoms with Crippen LogP contribution in [0.2, 0.25) is 0 Å². The van der Waals surface area contributed by atoms with Crippen LogP contribution in [0.3, 0.4) is 0 Å². The van der Waals surface area contributed by atoms with Crippen molar-refractivity contribution in [2.24, 2.45) is 17.3 Å². The quantitative estimate of drug-likeness (QED) is 0.539. The summed E-state index contributed by atoms with van der Waals surface area (Å²) in [5, 5.41) is 3.18. The van der Waals surface area contributed by atoms with Crippen molar-refractivity contribution >= 4 is 11.9 Å². The summed E-state index contributed by atoms with van der Waals surface area (Å²) in [5.74, 6) is 1.65. The summed E-state index contributed by atoms with van der Waals surface area (Å²) in [6.45, 7) is 16.4. The molecule has 1 heterocycles. The fraction of sp³-hybridized carbons (Fsp3) is 0.667. The number of aryl methyl sites for hydroxylation is 1. The molecular formula is C30H46N4O2. The standard InChI is InChI=1S/C30H46N4O2/c1-29(2,3)31-28(36)34(22-24-12-13-25-21-26(24)30(25,4)5)20-17-32-15-18-33(19-16-32)27(35)14-11-23-9-7-6-8-10-23/h6-10,12,25-26H,11,13-22H2,1-5H3,(H,31,36). The molecule has 6 heteroatoms. The number of allylic oxidation sites excluding steroid dienone is 1. The van der Waals surface area contributed by atoms with Crippen molar-refractivity contribution in [2.75, 3.05) is 45.8 Å². The van der Waals surface area contributed by atoms with Gasteiger partial charge in [-0.15, -0.1) is 0 Å². The lowest BCUT2D eigenvalue weighted by Gasteiger charge is -2.57. The van der Waals surface area contributed by atoms with Gasteiger partial charge in [0.25, 0.3) is 0 Å². The number of urea groups is 1. The Hall–Kier alpha value is -2.34. The zero-order chi connectivity index (χ0) is 25.9. The Bertz CT molecular complexity index is 941. The van der Waals surface area contributed by atoms with Gasteiger partial charge in [0.1, 0.15) is 0 Å². The molecule has 2 fully saturated rings. The molecule has 198 valence electrons. The number of carbonyl (C=O) groups is 2. The minimum absolute atomic E-state index is 0.0254. The zero-order valence-electron chi connectivity index (χ0n) is 23.1. The number of carbonyl (C=O) groups excluding carboxylic acids is 2. The van der Waals surface area contributed by atoms with E-state index in [0.717, 1.165) is 58.0 Å². The highest BCUT2D eigenvalue weighted by Gasteiger charge is 2.51. The third-order valence-electron chi connectivity index (χ3n) is 8.61. The van der Waals surface area contributed by atoms with Gasteiger partial charge in [0, 0.05) is 57.8 Å². The van der Waals surface area contributed by atoms with Crippen LogP contribution in [0.5, 0.6) is 0 Å². The molecule has 0 radical (unpaired) electrons. The van der Waals surface area contributed by atoms with Gasteiger partial charge in [0.15, 0.2) is 0 Å². The SMILES string of the molecule is CC(C)(C)NC(=O)N(CCN1CCN(C(=O)CCc2ccccc2)CC1)CC1=CCC2CC1C2(C)C. The highest BCUT2D eigenvalue weighted by molar-refractivity contribution is 5.76. The minimum Gasteiger partial charge on any atom is -0.340 e. The third kappa shape index (κ3) is 6.50. The van der Waals surface area contributed by atoms with E-state index in [4.69, 9.17) is 0 Å². The maximum absolute atomic E-state index is 13.2. The van der Waals surface area contributed by atoms with Crippen LogP contribution in [0.15, 0.2) is 42.0 Å². The predicted molar refractivity (Wildman–Crippen MR) is 146 cm³/mol. The number of hydrogen-bond donors (Lipinski definition) is 1. The van der Waals surface area contributed by atoms with Gasteiger partial charge >= 0.3 is 6.03 Å². The molecule has 5 rings (SSSR count). The van der Waals surface area contributed by atoms with E-state index < -0.39 is 0 Å². The molecule has 2 bridgehead atoms. The van der Waals surface area contributed by atoms with Gasteiger partial charge < -0.3 is 15.1 Å². The Morgan fingerprint density at radius 2 is 1.78 bits per heavy atom. The van der Waals surface area contributed by atoms with Crippen molar-refractivity contribution in [1.29, 1.82) is 0 Å². The van der Waals surface area contributed by atoms with E-state index in [1.807, 2.05) is 48.8 Å². The van der Waals surface area contributed by atoms with Crippen LogP contribution in [0.25, 0.3) is 0 Å². The molecule has 2 unspecified atom stereocenters. The number of fused-ring (bicyclic) bond motifs is 1. The average Bonchev–Trinajstić information content (AvgIpc) is 2.85. The molecule has 1 aromatic rings. The van der Waals surface area contributed by atoms with Crippen molar-refractivity contribution in [3.8, 4) is 0 Å². The third-order valence-corrected chi connectivity index (χ3v) is 8.61. The van der Waals surface area contributed by atoms with Crippen molar-refractivity contribution in [2.45, 2.75) is 65.8 Å². The monoisotopic (exact) mass is 494 g/mol. The summed E-state index contributed by atoms with van der Waals surface area (Å²) in [6.07, 6.45) is 6.19. The average molecular weight is 495 g/mol. The van der Waals surface area contributed by atoms with Crippen LogP contribution >= 0.6 is 0 Å². The van der Waals surface area contributed by atoms with E-state index in [1.165, 1.54) is 17.6 Å². The first-order valence-corrected chi connectivity index (χ1v) is 13.8. The number of nitrogens with one attached hydrogen (secondary N) is 1. The van der Waals surface area contributed by atoms with Crippen molar-refractivity contribution in [1.82, 2.24) is 20.0 Å². The summed E-state index contributed by atoms with van der Waals surface area (Å²) in [5.41, 5.74) is 2.76. The zero-order valence-corrected chi connectivity index (χ0v) is 23.1. The van der Waals surface area contributed by atoms with Gasteiger partial charge in [-0.05, 0) is 62.8 Å². The van der Waals surface area contributed by atoms with E-state index in [0.29, 0.717) is 24.3 Å². The Labute approximate surface area is 218 Å². The van der Waals surface area contributed by atoms with Crippen molar-refractivity contribution < 1.29 is 9.59 Å². The highest BCUT2D eigenvalue weighted by atomic mass is 16.2. The fourth-order valence-corrected chi connectivity index (χ4v) is 6.07. The minimum atomic E-state index is -0.261. The van der Waals surface area contributed by atoms with Gasteiger partial charge in [-0.1, -0.05) is 55.8 Å². The summed E-state index contributed by atoms with van der Waals surface area (Å²) in [6, 6.07) is 10.3. The summed E-state index contributed by atoms with van der Waals surface area (Å²) >= 11 is 0. The lowest BCUT2D eigenvalue weighted by Crippen LogP contribution is -2.55. The van der Waals surface area contributed by atoms with Crippen LogP contribution in [-0.4, -0.2) is 78.0 Å². The molecule has 0 aromatic heterocycles. The van der Waals surface area contributed by atoms with Gasteiger partial charge in [0.05, 0.1) is 0 Å². The van der Waals surface area contributed by atoms with Gasteiger partial charge in [0.2, 0.25) is 5.91 Å². The van der Waals surface area contributed by atoms with Crippen LogP contribution in [0, 0.1) is 17.3 Å². The summed E-state index contributed by atoms with van der Waals surface area (Å²) in [4.78, 5) is 32.4. The molecule has 36 heavy (non-hydrogen) atoms. The molecule has 3 amide bonds. The molecule has 6 nitrogen and oxygen atoms in total. The molecular weight excluding hydrogens is 448 g/mol. The second kappa shape index (κ2) is 11.0. The fourth-order valence-electron chi connectivity index (χ4n) is 6.07. The molecule has 3 aliphatic carbocycles. The number of hydrogen-bond acceptors (Lipinski definition) is 3. The van der Waals surface area contributed by atoms with Crippen molar-refractivity contribution in [3.63, 3.8) is 0 Å². The maximum Gasteiger partial charge on any atom is 0.318 e. The topological polar surface area (TPSA) is 55.9 Å². The Kier molecular flexibility index (Phi) is 8.13. The molecule has 0 spiro atoms. The Morgan fingerprint density at radius 1 is 1.08 bits per heavy atom. The van der Waals surface area contributed by atoms with E-state index in [-0.39, 0.29) is 17.5 Å². The van der Waals surface area contributed by atoms with Gasteiger partial charge in [-0.3, -0.25) is 9.69 Å². The second-order valence-corrected chi connectivity index (χ2v) is 12.6. The van der Waals surface area contributed by atoms with Crippen LogP contribution < -0.4 is 5.32 Å². The molecule has 1 saturated heterocycles. The predicted octanol–water partition coefficient (Wildman–Crippen LogP) is 4.57. The lowest BCUT2D eigenvalue weighted by atomic mass is 9.49. The smallest absolute Gasteiger partial charge is 0.318 e. The van der Waals surface area contributed by atoms with Gasteiger partial charge in [-0.2, -0.15) is 0 Å². The lowest BCUT2D eigenvalue weighted by molar-refractivity contribution is -0.132. The van der Waals surface area contributed by atoms with E-state index in [2.05, 4.69) is 42.3 Å². The first-order valence-electron chi connectivity index (χ1n) is 13.8. The molecule has 2 atom stereocenters. The highest BCUT2D eigenvalue weighted by Crippen LogP contribution is 2.59. The maximum atomic E-state index is 13.2. The molecule has 1 aliphatic heterocycles. The van der Waals surface area contributed by atoms with Crippen LogP contribution in [0.1, 0.15) is 59.4 Å². The number of rotatable bonds is 8.